The van der Waals surface area contributed by atoms with Crippen LogP contribution >= 0.6 is 15.9 Å². The maximum absolute atomic E-state index is 13.0. The Hall–Kier alpha value is -2.87. The van der Waals surface area contributed by atoms with E-state index in [-0.39, 0.29) is 23.9 Å². The van der Waals surface area contributed by atoms with E-state index in [0.29, 0.717) is 18.7 Å². The molecule has 0 radical (unpaired) electrons. The van der Waals surface area contributed by atoms with Crippen molar-refractivity contribution in [2.75, 3.05) is 16.8 Å². The predicted octanol–water partition coefficient (Wildman–Crippen LogP) is 2.67. The van der Waals surface area contributed by atoms with E-state index in [2.05, 4.69) is 36.6 Å². The second-order valence-corrected chi connectivity index (χ2v) is 8.13. The molecule has 0 saturated carbocycles. The fourth-order valence-corrected chi connectivity index (χ4v) is 4.55. The van der Waals surface area contributed by atoms with Crippen LogP contribution in [0.25, 0.3) is 10.9 Å². The first-order valence-corrected chi connectivity index (χ1v) is 9.90. The SMILES string of the molecule is Cn1nc2cc(Br)ccc2c1C(=O)NC1CC2C(=O)Nc3ccccc3N2C1. The highest BCUT2D eigenvalue weighted by Gasteiger charge is 2.41. The van der Waals surface area contributed by atoms with Crippen LogP contribution in [0.2, 0.25) is 0 Å². The maximum atomic E-state index is 13.0. The van der Waals surface area contributed by atoms with Gasteiger partial charge in [0.05, 0.1) is 16.9 Å². The number of anilines is 2. The van der Waals surface area contributed by atoms with E-state index >= 15 is 0 Å². The minimum absolute atomic E-state index is 0.0220. The van der Waals surface area contributed by atoms with Gasteiger partial charge in [-0.1, -0.05) is 28.1 Å². The molecule has 1 aromatic heterocycles. The molecule has 0 bridgehead atoms. The minimum Gasteiger partial charge on any atom is -0.356 e. The summed E-state index contributed by atoms with van der Waals surface area (Å²) in [4.78, 5) is 27.6. The number of carbonyl (C=O) groups is 2. The molecule has 5 rings (SSSR count). The van der Waals surface area contributed by atoms with Crippen LogP contribution in [0.3, 0.4) is 0 Å². The summed E-state index contributed by atoms with van der Waals surface area (Å²) in [5.74, 6) is -0.197. The number of hydrogen-bond donors (Lipinski definition) is 2. The summed E-state index contributed by atoms with van der Waals surface area (Å²) in [6, 6.07) is 13.1. The van der Waals surface area contributed by atoms with Gasteiger partial charge in [0, 0.05) is 29.5 Å². The largest absolute Gasteiger partial charge is 0.356 e. The molecule has 7 nitrogen and oxygen atoms in total. The fourth-order valence-electron chi connectivity index (χ4n) is 4.20. The number of hydrogen-bond acceptors (Lipinski definition) is 4. The maximum Gasteiger partial charge on any atom is 0.270 e. The highest BCUT2D eigenvalue weighted by atomic mass is 79.9. The molecule has 3 heterocycles. The zero-order chi connectivity index (χ0) is 19.4. The van der Waals surface area contributed by atoms with Crippen LogP contribution in [0, 0.1) is 0 Å². The number of aromatic nitrogens is 2. The number of nitrogens with one attached hydrogen (secondary N) is 2. The summed E-state index contributed by atoms with van der Waals surface area (Å²) in [5.41, 5.74) is 3.11. The first-order chi connectivity index (χ1) is 13.5. The molecule has 3 aromatic rings. The van der Waals surface area contributed by atoms with Crippen LogP contribution in [0.4, 0.5) is 11.4 Å². The van der Waals surface area contributed by atoms with E-state index in [0.717, 1.165) is 26.8 Å². The van der Waals surface area contributed by atoms with Crippen molar-refractivity contribution in [1.82, 2.24) is 15.1 Å². The lowest BCUT2D eigenvalue weighted by Crippen LogP contribution is -2.44. The number of aryl methyl sites for hydroxylation is 1. The molecule has 142 valence electrons. The van der Waals surface area contributed by atoms with Gasteiger partial charge >= 0.3 is 0 Å². The molecule has 28 heavy (non-hydrogen) atoms. The molecule has 1 fully saturated rings. The first kappa shape index (κ1) is 17.2. The third-order valence-electron chi connectivity index (χ3n) is 5.42. The number of carbonyl (C=O) groups excluding carboxylic acids is 2. The Labute approximate surface area is 169 Å². The number of nitrogens with zero attached hydrogens (tertiary/aromatic N) is 3. The van der Waals surface area contributed by atoms with Crippen molar-refractivity contribution in [3.63, 3.8) is 0 Å². The number of benzene rings is 2. The van der Waals surface area contributed by atoms with E-state index in [9.17, 15) is 9.59 Å². The van der Waals surface area contributed by atoms with E-state index in [1.165, 1.54) is 0 Å². The average Bonchev–Trinajstić information content (AvgIpc) is 3.22. The number of fused-ring (bicyclic) bond motifs is 4. The molecule has 2 unspecified atom stereocenters. The van der Waals surface area contributed by atoms with Gasteiger partial charge in [-0.3, -0.25) is 14.3 Å². The predicted molar refractivity (Wildman–Crippen MR) is 110 cm³/mol. The highest BCUT2D eigenvalue weighted by molar-refractivity contribution is 9.10. The molecule has 2 atom stereocenters. The number of halogens is 1. The van der Waals surface area contributed by atoms with Gasteiger partial charge in [0.1, 0.15) is 11.7 Å². The monoisotopic (exact) mass is 439 g/mol. The van der Waals surface area contributed by atoms with Crippen molar-refractivity contribution in [2.24, 2.45) is 7.05 Å². The van der Waals surface area contributed by atoms with Crippen molar-refractivity contribution < 1.29 is 9.59 Å². The van der Waals surface area contributed by atoms with Crippen molar-refractivity contribution in [3.8, 4) is 0 Å². The summed E-state index contributed by atoms with van der Waals surface area (Å²) in [5, 5.41) is 11.3. The summed E-state index contributed by atoms with van der Waals surface area (Å²) in [7, 11) is 1.77. The van der Waals surface area contributed by atoms with Gasteiger partial charge in [0.25, 0.3) is 5.91 Å². The second-order valence-electron chi connectivity index (χ2n) is 7.21. The number of para-hydroxylation sites is 2. The molecular formula is C20H18BrN5O2. The lowest BCUT2D eigenvalue weighted by molar-refractivity contribution is -0.117. The molecule has 2 aliphatic heterocycles. The Morgan fingerprint density at radius 3 is 2.96 bits per heavy atom. The summed E-state index contributed by atoms with van der Waals surface area (Å²) < 4.78 is 2.53. The highest BCUT2D eigenvalue weighted by Crippen LogP contribution is 2.36. The third kappa shape index (κ3) is 2.67. The van der Waals surface area contributed by atoms with Crippen molar-refractivity contribution in [2.45, 2.75) is 18.5 Å². The topological polar surface area (TPSA) is 79.3 Å². The quantitative estimate of drug-likeness (QED) is 0.643. The first-order valence-electron chi connectivity index (χ1n) is 9.11. The number of rotatable bonds is 2. The minimum atomic E-state index is -0.264. The summed E-state index contributed by atoms with van der Waals surface area (Å²) >= 11 is 3.43. The fraction of sp³-hybridized carbons (Fsp3) is 0.250. The standard InChI is InChI=1S/C20H18BrN5O2/c1-25-18(13-7-6-11(21)8-15(13)24-25)20(28)22-12-9-17-19(27)23-14-4-2-3-5-16(14)26(17)10-12/h2-8,12,17H,9-10H2,1H3,(H,22,28)(H,23,27). The molecule has 8 heteroatoms. The van der Waals surface area contributed by atoms with Gasteiger partial charge in [-0.15, -0.1) is 0 Å². The van der Waals surface area contributed by atoms with E-state index in [1.807, 2.05) is 42.5 Å². The van der Waals surface area contributed by atoms with Crippen molar-refractivity contribution in [1.29, 1.82) is 0 Å². The molecule has 0 aliphatic carbocycles. The van der Waals surface area contributed by atoms with Crippen molar-refractivity contribution in [3.05, 3.63) is 52.6 Å². The lowest BCUT2D eigenvalue weighted by atomic mass is 10.1. The van der Waals surface area contributed by atoms with Gasteiger partial charge in [0.15, 0.2) is 0 Å². The van der Waals surface area contributed by atoms with Crippen LogP contribution in [-0.4, -0.2) is 40.2 Å². The summed E-state index contributed by atoms with van der Waals surface area (Å²) in [6.45, 7) is 0.599. The van der Waals surface area contributed by atoms with Gasteiger partial charge in [-0.05, 0) is 36.8 Å². The average molecular weight is 440 g/mol. The van der Waals surface area contributed by atoms with Crippen LogP contribution in [0.5, 0.6) is 0 Å². The van der Waals surface area contributed by atoms with Crippen LogP contribution in [-0.2, 0) is 11.8 Å². The van der Waals surface area contributed by atoms with E-state index in [4.69, 9.17) is 0 Å². The molecule has 2 aromatic carbocycles. The zero-order valence-corrected chi connectivity index (χ0v) is 16.7. The zero-order valence-electron chi connectivity index (χ0n) is 15.1. The van der Waals surface area contributed by atoms with E-state index < -0.39 is 0 Å². The molecule has 2 amide bonds. The van der Waals surface area contributed by atoms with Crippen LogP contribution < -0.4 is 15.5 Å². The van der Waals surface area contributed by atoms with Crippen molar-refractivity contribution >= 4 is 50.0 Å². The normalized spacial score (nSPS) is 20.6. The lowest BCUT2D eigenvalue weighted by Gasteiger charge is -2.32. The molecule has 2 aliphatic rings. The van der Waals surface area contributed by atoms with Gasteiger partial charge in [-0.2, -0.15) is 5.10 Å². The Morgan fingerprint density at radius 2 is 2.11 bits per heavy atom. The van der Waals surface area contributed by atoms with E-state index in [1.54, 1.807) is 11.7 Å². The van der Waals surface area contributed by atoms with Crippen LogP contribution in [0.1, 0.15) is 16.9 Å². The smallest absolute Gasteiger partial charge is 0.270 e. The Morgan fingerprint density at radius 1 is 1.29 bits per heavy atom. The molecular weight excluding hydrogens is 422 g/mol. The van der Waals surface area contributed by atoms with Crippen LogP contribution in [0.15, 0.2) is 46.9 Å². The van der Waals surface area contributed by atoms with Gasteiger partial charge < -0.3 is 15.5 Å². The number of amides is 2. The molecule has 2 N–H and O–H groups in total. The van der Waals surface area contributed by atoms with Gasteiger partial charge in [0.2, 0.25) is 5.91 Å². The third-order valence-corrected chi connectivity index (χ3v) is 5.91. The molecule has 0 spiro atoms. The van der Waals surface area contributed by atoms with Gasteiger partial charge in [-0.25, -0.2) is 0 Å². The Balaban J connectivity index is 1.40. The Bertz CT molecular complexity index is 1120. The molecule has 1 saturated heterocycles. The Kier molecular flexibility index (Phi) is 3.90. The second kappa shape index (κ2) is 6.34. The summed E-state index contributed by atoms with van der Waals surface area (Å²) in [6.07, 6.45) is 0.577.